The van der Waals surface area contributed by atoms with E-state index < -0.39 is 0 Å². The molecule has 28 heavy (non-hydrogen) atoms. The minimum Gasteiger partial charge on any atom is -0.485 e. The van der Waals surface area contributed by atoms with Crippen LogP contribution in [-0.2, 0) is 6.61 Å². The summed E-state index contributed by atoms with van der Waals surface area (Å²) in [5.41, 5.74) is 2.21. The van der Waals surface area contributed by atoms with Crippen LogP contribution in [0.1, 0.15) is 23.2 Å². The van der Waals surface area contributed by atoms with Crippen LogP contribution in [0.4, 0.5) is 0 Å². The summed E-state index contributed by atoms with van der Waals surface area (Å²) in [5, 5.41) is 7.09. The number of benzene rings is 2. The third-order valence-electron chi connectivity index (χ3n) is 4.40. The number of thiophene rings is 1. The van der Waals surface area contributed by atoms with Gasteiger partial charge in [-0.15, -0.1) is 11.3 Å². The van der Waals surface area contributed by atoms with Crippen LogP contribution in [0.2, 0.25) is 0 Å². The smallest absolute Gasteiger partial charge is 0.282 e. The fourth-order valence-corrected chi connectivity index (χ4v) is 3.58. The Bertz CT molecular complexity index is 1210. The SMILES string of the molecule is CC(=Nn1c(COc2ccccc2C)nc2ccccc2c1=O)c1cccs1. The molecule has 0 aliphatic heterocycles. The van der Waals surface area contributed by atoms with Crippen molar-refractivity contribution in [1.82, 2.24) is 9.66 Å². The second-order valence-corrected chi connectivity index (χ2v) is 7.33. The number of hydrogen-bond donors (Lipinski definition) is 0. The van der Waals surface area contributed by atoms with Gasteiger partial charge in [0.1, 0.15) is 12.4 Å². The van der Waals surface area contributed by atoms with Crippen LogP contribution in [0.15, 0.2) is 75.9 Å². The number of aryl methyl sites for hydroxylation is 1. The average molecular weight is 389 g/mol. The van der Waals surface area contributed by atoms with Gasteiger partial charge in [0, 0.05) is 0 Å². The second-order valence-electron chi connectivity index (χ2n) is 6.38. The summed E-state index contributed by atoms with van der Waals surface area (Å²) in [6.45, 7) is 4.01. The molecule has 6 heteroatoms. The zero-order chi connectivity index (χ0) is 19.5. The molecule has 2 heterocycles. The molecular formula is C22H19N3O2S. The summed E-state index contributed by atoms with van der Waals surface area (Å²) in [5.74, 6) is 1.22. The van der Waals surface area contributed by atoms with E-state index in [1.54, 1.807) is 17.4 Å². The molecule has 140 valence electrons. The molecule has 2 aromatic carbocycles. The highest BCUT2D eigenvalue weighted by Crippen LogP contribution is 2.18. The molecule has 2 aromatic heterocycles. The molecule has 0 N–H and O–H groups in total. The van der Waals surface area contributed by atoms with Crippen LogP contribution < -0.4 is 10.3 Å². The molecule has 0 saturated carbocycles. The molecule has 4 rings (SSSR count). The van der Waals surface area contributed by atoms with Crippen molar-refractivity contribution in [3.63, 3.8) is 0 Å². The summed E-state index contributed by atoms with van der Waals surface area (Å²) in [7, 11) is 0. The van der Waals surface area contributed by atoms with Crippen molar-refractivity contribution in [1.29, 1.82) is 0 Å². The number of para-hydroxylation sites is 2. The van der Waals surface area contributed by atoms with Crippen molar-refractivity contribution in [2.24, 2.45) is 5.10 Å². The van der Waals surface area contributed by atoms with E-state index in [9.17, 15) is 4.79 Å². The van der Waals surface area contributed by atoms with Gasteiger partial charge in [-0.05, 0) is 49.1 Å². The molecule has 0 bridgehead atoms. The number of ether oxygens (including phenoxy) is 1. The van der Waals surface area contributed by atoms with Gasteiger partial charge in [0.25, 0.3) is 5.56 Å². The first-order valence-electron chi connectivity index (χ1n) is 8.92. The van der Waals surface area contributed by atoms with Gasteiger partial charge in [-0.2, -0.15) is 9.78 Å². The van der Waals surface area contributed by atoms with Gasteiger partial charge in [-0.1, -0.05) is 36.4 Å². The maximum Gasteiger partial charge on any atom is 0.282 e. The van der Waals surface area contributed by atoms with E-state index in [1.165, 1.54) is 4.68 Å². The Morgan fingerprint density at radius 1 is 1.11 bits per heavy atom. The summed E-state index contributed by atoms with van der Waals surface area (Å²) in [6, 6.07) is 19.0. The van der Waals surface area contributed by atoms with Gasteiger partial charge in [-0.25, -0.2) is 4.98 Å². The van der Waals surface area contributed by atoms with Crippen molar-refractivity contribution in [3.05, 3.63) is 92.7 Å². The molecule has 0 saturated heterocycles. The predicted molar refractivity (Wildman–Crippen MR) is 113 cm³/mol. The topological polar surface area (TPSA) is 56.5 Å². The summed E-state index contributed by atoms with van der Waals surface area (Å²) >= 11 is 1.58. The standard InChI is InChI=1S/C22H19N3O2S/c1-15-8-3-6-11-19(15)27-14-21-23-18-10-5-4-9-17(18)22(26)25(21)24-16(2)20-12-7-13-28-20/h3-13H,14H2,1-2H3. The van der Waals surface area contributed by atoms with Gasteiger partial charge in [0.2, 0.25) is 0 Å². The zero-order valence-electron chi connectivity index (χ0n) is 15.6. The molecule has 0 amide bonds. The van der Waals surface area contributed by atoms with Crippen molar-refractivity contribution in [2.75, 3.05) is 0 Å². The fraction of sp³-hybridized carbons (Fsp3) is 0.136. The minimum absolute atomic E-state index is 0.145. The van der Waals surface area contributed by atoms with E-state index in [2.05, 4.69) is 10.1 Å². The average Bonchev–Trinajstić information content (AvgIpc) is 3.25. The Morgan fingerprint density at radius 3 is 2.68 bits per heavy atom. The van der Waals surface area contributed by atoms with Crippen molar-refractivity contribution >= 4 is 28.0 Å². The Balaban J connectivity index is 1.80. The second kappa shape index (κ2) is 7.78. The number of hydrogen-bond acceptors (Lipinski definition) is 5. The molecular weight excluding hydrogens is 370 g/mol. The number of aromatic nitrogens is 2. The largest absolute Gasteiger partial charge is 0.485 e. The van der Waals surface area contributed by atoms with Gasteiger partial charge < -0.3 is 4.74 Å². The summed E-state index contributed by atoms with van der Waals surface area (Å²) < 4.78 is 7.31. The summed E-state index contributed by atoms with van der Waals surface area (Å²) in [4.78, 5) is 18.8. The molecule has 0 radical (unpaired) electrons. The van der Waals surface area contributed by atoms with Crippen molar-refractivity contribution in [2.45, 2.75) is 20.5 Å². The van der Waals surface area contributed by atoms with Gasteiger partial charge in [-0.3, -0.25) is 4.79 Å². The Hall–Kier alpha value is -3.25. The van der Waals surface area contributed by atoms with Gasteiger partial charge in [0.15, 0.2) is 5.82 Å². The molecule has 5 nitrogen and oxygen atoms in total. The fourth-order valence-electron chi connectivity index (χ4n) is 2.91. The van der Waals surface area contributed by atoms with E-state index >= 15 is 0 Å². The lowest BCUT2D eigenvalue weighted by molar-refractivity contribution is 0.287. The molecule has 0 aliphatic carbocycles. The maximum absolute atomic E-state index is 13.1. The van der Waals surface area contributed by atoms with E-state index in [0.717, 1.165) is 21.9 Å². The molecule has 0 fully saturated rings. The highest BCUT2D eigenvalue weighted by molar-refractivity contribution is 7.12. The van der Waals surface area contributed by atoms with Crippen LogP contribution >= 0.6 is 11.3 Å². The van der Waals surface area contributed by atoms with Gasteiger partial charge >= 0.3 is 0 Å². The lowest BCUT2D eigenvalue weighted by atomic mass is 10.2. The molecule has 0 atom stereocenters. The first-order valence-corrected chi connectivity index (χ1v) is 9.80. The Labute approximate surface area is 166 Å². The Morgan fingerprint density at radius 2 is 1.89 bits per heavy atom. The quantitative estimate of drug-likeness (QED) is 0.468. The molecule has 4 aromatic rings. The van der Waals surface area contributed by atoms with Crippen LogP contribution in [0.3, 0.4) is 0 Å². The molecule has 0 unspecified atom stereocenters. The first-order chi connectivity index (χ1) is 13.6. The molecule has 0 aliphatic rings. The van der Waals surface area contributed by atoms with Crippen LogP contribution in [0.5, 0.6) is 5.75 Å². The Kier molecular flexibility index (Phi) is 5.04. The van der Waals surface area contributed by atoms with Crippen LogP contribution in [0.25, 0.3) is 10.9 Å². The number of nitrogens with zero attached hydrogens (tertiary/aromatic N) is 3. The number of fused-ring (bicyclic) bond motifs is 1. The predicted octanol–water partition coefficient (Wildman–Crippen LogP) is 4.62. The van der Waals surface area contributed by atoms with E-state index in [4.69, 9.17) is 4.74 Å². The monoisotopic (exact) mass is 389 g/mol. The first kappa shape index (κ1) is 18.1. The van der Waals surface area contributed by atoms with E-state index in [-0.39, 0.29) is 12.2 Å². The third-order valence-corrected chi connectivity index (χ3v) is 5.38. The maximum atomic E-state index is 13.1. The van der Waals surface area contributed by atoms with Crippen LogP contribution in [0, 0.1) is 6.92 Å². The summed E-state index contributed by atoms with van der Waals surface area (Å²) in [6.07, 6.45) is 0. The van der Waals surface area contributed by atoms with Crippen LogP contribution in [-0.4, -0.2) is 15.4 Å². The third kappa shape index (κ3) is 3.59. The minimum atomic E-state index is -0.204. The van der Waals surface area contributed by atoms with Gasteiger partial charge in [0.05, 0.1) is 21.5 Å². The molecule has 0 spiro atoms. The van der Waals surface area contributed by atoms with E-state index in [0.29, 0.717) is 16.7 Å². The normalized spacial score (nSPS) is 11.7. The van der Waals surface area contributed by atoms with Crippen molar-refractivity contribution < 1.29 is 4.74 Å². The zero-order valence-corrected chi connectivity index (χ0v) is 16.4. The lowest BCUT2D eigenvalue weighted by Crippen LogP contribution is -2.24. The number of rotatable bonds is 5. The highest BCUT2D eigenvalue weighted by atomic mass is 32.1. The lowest BCUT2D eigenvalue weighted by Gasteiger charge is -2.12. The highest BCUT2D eigenvalue weighted by Gasteiger charge is 2.13. The van der Waals surface area contributed by atoms with E-state index in [1.807, 2.05) is 73.8 Å². The van der Waals surface area contributed by atoms with Crippen molar-refractivity contribution in [3.8, 4) is 5.75 Å².